The molecule has 1 fully saturated rings. The van der Waals surface area contributed by atoms with Crippen LogP contribution in [0.2, 0.25) is 0 Å². The molecule has 5 rings (SSSR count). The number of carboxylic acid groups (broad SMARTS) is 1. The first-order valence-electron chi connectivity index (χ1n) is 11.4. The van der Waals surface area contributed by atoms with Gasteiger partial charge in [0.05, 0.1) is 16.8 Å². The standard InChI is InChI=1S/C27H23N3O5/c31-25-22(24(26(32)33)28-30(25)20-9-3-1-4-10-20)11-7-8-19-16-18-12-13-21(17-23(18)35-27(19)34)29-14-5-2-6-15-29/h1,3-4,8-13,16-17,28H,2,5-6,14-15H2,(H,32,33). The van der Waals surface area contributed by atoms with Gasteiger partial charge in [0.25, 0.3) is 5.56 Å². The van der Waals surface area contributed by atoms with E-state index in [4.69, 9.17) is 4.42 Å². The summed E-state index contributed by atoms with van der Waals surface area (Å²) in [7, 11) is 0. The van der Waals surface area contributed by atoms with Crippen LogP contribution in [-0.4, -0.2) is 33.9 Å². The zero-order valence-corrected chi connectivity index (χ0v) is 18.9. The molecule has 0 spiro atoms. The predicted molar refractivity (Wildman–Crippen MR) is 134 cm³/mol. The monoisotopic (exact) mass is 469 g/mol. The molecule has 2 aromatic carbocycles. The summed E-state index contributed by atoms with van der Waals surface area (Å²) < 4.78 is 6.70. The number of benzene rings is 2. The molecule has 3 heterocycles. The first-order chi connectivity index (χ1) is 17.0. The van der Waals surface area contributed by atoms with Crippen LogP contribution in [0.4, 0.5) is 5.69 Å². The lowest BCUT2D eigenvalue weighted by Gasteiger charge is -2.28. The number of nitrogens with one attached hydrogen (secondary N) is 1. The van der Waals surface area contributed by atoms with Crippen molar-refractivity contribution in [2.24, 2.45) is 0 Å². The van der Waals surface area contributed by atoms with Crippen LogP contribution in [0.25, 0.3) is 28.8 Å². The molecule has 0 radical (unpaired) electrons. The van der Waals surface area contributed by atoms with Crippen LogP contribution in [0, 0.1) is 0 Å². The van der Waals surface area contributed by atoms with Crippen molar-refractivity contribution < 1.29 is 14.3 Å². The first kappa shape index (κ1) is 22.3. The fourth-order valence-corrected chi connectivity index (χ4v) is 4.29. The molecule has 8 nitrogen and oxygen atoms in total. The molecule has 1 aliphatic rings. The molecule has 0 amide bonds. The molecular formula is C27H23N3O5. The average Bonchev–Trinajstić information content (AvgIpc) is 3.21. The lowest BCUT2D eigenvalue weighted by Crippen LogP contribution is -2.29. The molecule has 0 unspecified atom stereocenters. The zero-order chi connectivity index (χ0) is 24.4. The summed E-state index contributed by atoms with van der Waals surface area (Å²) in [4.78, 5) is 39.4. The summed E-state index contributed by atoms with van der Waals surface area (Å²) in [5.41, 5.74) is 3.64. The van der Waals surface area contributed by atoms with E-state index in [2.05, 4.69) is 15.7 Å². The van der Waals surface area contributed by atoms with Crippen LogP contribution in [0.1, 0.15) is 40.9 Å². The van der Waals surface area contributed by atoms with Gasteiger partial charge in [0.1, 0.15) is 5.58 Å². The van der Waals surface area contributed by atoms with Gasteiger partial charge in [-0.1, -0.05) is 18.2 Å². The number of aromatic nitrogens is 2. The van der Waals surface area contributed by atoms with Crippen molar-refractivity contribution in [1.29, 1.82) is 0 Å². The summed E-state index contributed by atoms with van der Waals surface area (Å²) in [6.45, 7) is 1.98. The fourth-order valence-electron chi connectivity index (χ4n) is 4.29. The molecule has 2 aromatic heterocycles. The van der Waals surface area contributed by atoms with Gasteiger partial charge in [-0.25, -0.2) is 14.3 Å². The Morgan fingerprint density at radius 2 is 1.74 bits per heavy atom. The number of aromatic amines is 1. The van der Waals surface area contributed by atoms with Crippen molar-refractivity contribution >= 4 is 34.8 Å². The van der Waals surface area contributed by atoms with E-state index in [1.807, 2.05) is 18.2 Å². The molecule has 4 aromatic rings. The van der Waals surface area contributed by atoms with Crippen molar-refractivity contribution in [1.82, 2.24) is 9.78 Å². The van der Waals surface area contributed by atoms with E-state index in [0.29, 0.717) is 11.3 Å². The molecule has 0 aliphatic carbocycles. The summed E-state index contributed by atoms with van der Waals surface area (Å²) in [5, 5.41) is 12.9. The minimum atomic E-state index is -1.28. The first-order valence-corrected chi connectivity index (χ1v) is 11.4. The van der Waals surface area contributed by atoms with E-state index in [1.54, 1.807) is 36.4 Å². The molecule has 0 atom stereocenters. The van der Waals surface area contributed by atoms with Crippen LogP contribution < -0.4 is 16.1 Å². The SMILES string of the molecule is O=C(O)c1[nH]n(-c2ccccc2)c(=O)c1C=C=Cc1cc2ccc(N3CCCCC3)cc2oc1=O. The number of fused-ring (bicyclic) bond motifs is 1. The Bertz CT molecular complexity index is 1580. The number of hydrogen-bond acceptors (Lipinski definition) is 5. The normalized spacial score (nSPS) is 13.4. The summed E-state index contributed by atoms with van der Waals surface area (Å²) in [6.07, 6.45) is 6.18. The zero-order valence-electron chi connectivity index (χ0n) is 18.9. The van der Waals surface area contributed by atoms with E-state index in [0.717, 1.165) is 41.7 Å². The second kappa shape index (κ2) is 9.37. The highest BCUT2D eigenvalue weighted by Crippen LogP contribution is 2.25. The second-order valence-electron chi connectivity index (χ2n) is 8.40. The smallest absolute Gasteiger partial charge is 0.354 e. The highest BCUT2D eigenvalue weighted by atomic mass is 16.4. The van der Waals surface area contributed by atoms with Crippen molar-refractivity contribution in [3.05, 3.63) is 97.9 Å². The Hall–Kier alpha value is -4.55. The van der Waals surface area contributed by atoms with E-state index in [9.17, 15) is 19.5 Å². The van der Waals surface area contributed by atoms with Gasteiger partial charge in [-0.15, -0.1) is 5.73 Å². The molecule has 1 saturated heterocycles. The van der Waals surface area contributed by atoms with Gasteiger partial charge in [-0.3, -0.25) is 9.89 Å². The summed E-state index contributed by atoms with van der Waals surface area (Å²) >= 11 is 0. The van der Waals surface area contributed by atoms with Gasteiger partial charge < -0.3 is 14.4 Å². The maximum Gasteiger partial charge on any atom is 0.354 e. The van der Waals surface area contributed by atoms with Crippen LogP contribution in [0.15, 0.2) is 74.3 Å². The molecule has 0 saturated carbocycles. The van der Waals surface area contributed by atoms with Crippen LogP contribution in [0.3, 0.4) is 0 Å². The number of nitrogens with zero attached hydrogens (tertiary/aromatic N) is 2. The van der Waals surface area contributed by atoms with Crippen molar-refractivity contribution in [2.45, 2.75) is 19.3 Å². The van der Waals surface area contributed by atoms with Crippen LogP contribution in [0.5, 0.6) is 0 Å². The van der Waals surface area contributed by atoms with Gasteiger partial charge >= 0.3 is 11.6 Å². The van der Waals surface area contributed by atoms with E-state index in [-0.39, 0.29) is 16.8 Å². The number of hydrogen-bond donors (Lipinski definition) is 2. The largest absolute Gasteiger partial charge is 0.477 e. The van der Waals surface area contributed by atoms with Gasteiger partial charge in [0.15, 0.2) is 5.69 Å². The number of H-pyrrole nitrogens is 1. The summed E-state index contributed by atoms with van der Waals surface area (Å²) in [5.74, 6) is -1.28. The topological polar surface area (TPSA) is 109 Å². The number of carbonyl (C=O) groups is 1. The maximum absolute atomic E-state index is 12.8. The summed E-state index contributed by atoms with van der Waals surface area (Å²) in [6, 6.07) is 16.2. The predicted octanol–water partition coefficient (Wildman–Crippen LogP) is 4.29. The lowest BCUT2D eigenvalue weighted by molar-refractivity contribution is 0.0689. The molecule has 1 aliphatic heterocycles. The third-order valence-corrected chi connectivity index (χ3v) is 6.09. The molecule has 8 heteroatoms. The third-order valence-electron chi connectivity index (χ3n) is 6.09. The van der Waals surface area contributed by atoms with Crippen LogP contribution >= 0.6 is 0 Å². The molecule has 2 N–H and O–H groups in total. The number of anilines is 1. The highest BCUT2D eigenvalue weighted by Gasteiger charge is 2.18. The van der Waals surface area contributed by atoms with Gasteiger partial charge in [0.2, 0.25) is 0 Å². The number of rotatable bonds is 5. The molecule has 35 heavy (non-hydrogen) atoms. The van der Waals surface area contributed by atoms with Crippen LogP contribution in [-0.2, 0) is 0 Å². The molecular weight excluding hydrogens is 446 g/mol. The Kier molecular flexibility index (Phi) is 5.95. The fraction of sp³-hybridized carbons (Fsp3) is 0.185. The lowest BCUT2D eigenvalue weighted by atomic mass is 10.1. The molecule has 176 valence electrons. The Morgan fingerprint density at radius 3 is 2.49 bits per heavy atom. The quantitative estimate of drug-likeness (QED) is 0.334. The number of aromatic carboxylic acids is 1. The van der Waals surface area contributed by atoms with E-state index in [1.165, 1.54) is 18.6 Å². The average molecular weight is 469 g/mol. The van der Waals surface area contributed by atoms with Crippen molar-refractivity contribution in [2.75, 3.05) is 18.0 Å². The maximum atomic E-state index is 12.8. The minimum Gasteiger partial charge on any atom is -0.477 e. The van der Waals surface area contributed by atoms with Crippen molar-refractivity contribution in [3.8, 4) is 5.69 Å². The van der Waals surface area contributed by atoms with Gasteiger partial charge in [-0.2, -0.15) is 0 Å². The number of piperidine rings is 1. The van der Waals surface area contributed by atoms with E-state index >= 15 is 0 Å². The van der Waals surface area contributed by atoms with E-state index < -0.39 is 17.2 Å². The van der Waals surface area contributed by atoms with Gasteiger partial charge in [0, 0.05) is 30.2 Å². The molecule has 0 bridgehead atoms. The highest BCUT2D eigenvalue weighted by molar-refractivity contribution is 5.90. The Balaban J connectivity index is 1.49. The number of carboxylic acids is 1. The minimum absolute atomic E-state index is 0.0750. The number of para-hydroxylation sites is 1. The van der Waals surface area contributed by atoms with Gasteiger partial charge in [-0.05, 0) is 61.7 Å². The Labute approximate surface area is 200 Å². The third kappa shape index (κ3) is 4.47. The van der Waals surface area contributed by atoms with Crippen molar-refractivity contribution in [3.63, 3.8) is 0 Å². The Morgan fingerprint density at radius 1 is 0.971 bits per heavy atom. The second-order valence-corrected chi connectivity index (χ2v) is 8.40.